The van der Waals surface area contributed by atoms with Crippen molar-refractivity contribution in [3.63, 3.8) is 0 Å². The number of fused-ring (bicyclic) bond motifs is 2. The minimum atomic E-state index is 0.0589. The third-order valence-electron chi connectivity index (χ3n) is 3.28. The van der Waals surface area contributed by atoms with Crippen LogP contribution in [0.1, 0.15) is 18.7 Å². The summed E-state index contributed by atoms with van der Waals surface area (Å²) in [5.74, 6) is 1.56. The summed E-state index contributed by atoms with van der Waals surface area (Å²) in [5, 5.41) is 0.648. The van der Waals surface area contributed by atoms with Crippen LogP contribution in [0.15, 0.2) is 23.0 Å². The number of aryl methyl sites for hydroxylation is 1. The Hall–Kier alpha value is -1.84. The van der Waals surface area contributed by atoms with Gasteiger partial charge in [-0.25, -0.2) is 4.98 Å². The second kappa shape index (κ2) is 3.87. The largest absolute Gasteiger partial charge is 0.494 e. The predicted molar refractivity (Wildman–Crippen MR) is 65.5 cm³/mol. The van der Waals surface area contributed by atoms with Crippen LogP contribution in [0.2, 0.25) is 0 Å². The van der Waals surface area contributed by atoms with Crippen LogP contribution < -0.4 is 10.3 Å². The fraction of sp³-hybridized carbons (Fsp3) is 0.385. The van der Waals surface area contributed by atoms with Gasteiger partial charge in [-0.2, -0.15) is 0 Å². The number of hydrogen-bond acceptors (Lipinski definition) is 3. The van der Waals surface area contributed by atoms with E-state index in [1.54, 1.807) is 11.7 Å². The number of aromatic nitrogens is 2. The minimum Gasteiger partial charge on any atom is -0.494 e. The van der Waals surface area contributed by atoms with Crippen molar-refractivity contribution in [1.82, 2.24) is 9.55 Å². The molecule has 17 heavy (non-hydrogen) atoms. The average molecular weight is 230 g/mol. The summed E-state index contributed by atoms with van der Waals surface area (Å²) in [6.07, 6.45) is 3.04. The van der Waals surface area contributed by atoms with Crippen molar-refractivity contribution < 1.29 is 4.74 Å². The monoisotopic (exact) mass is 230 g/mol. The summed E-state index contributed by atoms with van der Waals surface area (Å²) < 4.78 is 7.06. The van der Waals surface area contributed by atoms with E-state index in [2.05, 4.69) is 4.98 Å². The molecule has 2 heterocycles. The van der Waals surface area contributed by atoms with Crippen LogP contribution in [0.25, 0.3) is 10.9 Å². The second-order valence-electron chi connectivity index (χ2n) is 4.30. The zero-order valence-corrected chi connectivity index (χ0v) is 9.77. The molecular weight excluding hydrogens is 216 g/mol. The SMILES string of the molecule is COc1cccc2c(=O)n3c(nc12)CCCC3. The first kappa shape index (κ1) is 10.3. The van der Waals surface area contributed by atoms with E-state index in [1.807, 2.05) is 18.2 Å². The van der Waals surface area contributed by atoms with Gasteiger partial charge in [-0.1, -0.05) is 6.07 Å². The molecule has 1 aromatic heterocycles. The maximum Gasteiger partial charge on any atom is 0.261 e. The van der Waals surface area contributed by atoms with Gasteiger partial charge in [0.15, 0.2) is 0 Å². The van der Waals surface area contributed by atoms with Gasteiger partial charge in [-0.15, -0.1) is 0 Å². The third kappa shape index (κ3) is 1.52. The van der Waals surface area contributed by atoms with E-state index in [1.165, 1.54) is 0 Å². The average Bonchev–Trinajstić information content (AvgIpc) is 2.38. The first-order valence-electron chi connectivity index (χ1n) is 5.87. The highest BCUT2D eigenvalue weighted by molar-refractivity contribution is 5.83. The fourth-order valence-corrected chi connectivity index (χ4v) is 2.40. The van der Waals surface area contributed by atoms with Crippen molar-refractivity contribution in [2.45, 2.75) is 25.8 Å². The molecule has 0 amide bonds. The van der Waals surface area contributed by atoms with E-state index in [4.69, 9.17) is 4.74 Å². The highest BCUT2D eigenvalue weighted by atomic mass is 16.5. The van der Waals surface area contributed by atoms with Gasteiger partial charge in [0.05, 0.1) is 12.5 Å². The summed E-state index contributed by atoms with van der Waals surface area (Å²) in [6, 6.07) is 5.49. The summed E-state index contributed by atoms with van der Waals surface area (Å²) in [4.78, 5) is 16.9. The Balaban J connectivity index is 2.40. The molecule has 0 aliphatic carbocycles. The molecule has 0 saturated carbocycles. The van der Waals surface area contributed by atoms with Crippen molar-refractivity contribution in [3.8, 4) is 5.75 Å². The van der Waals surface area contributed by atoms with Gasteiger partial charge in [0.2, 0.25) is 0 Å². The Labute approximate surface area is 98.9 Å². The van der Waals surface area contributed by atoms with Crippen LogP contribution in [0.5, 0.6) is 5.75 Å². The third-order valence-corrected chi connectivity index (χ3v) is 3.28. The van der Waals surface area contributed by atoms with E-state index in [-0.39, 0.29) is 5.56 Å². The molecule has 2 aromatic rings. The van der Waals surface area contributed by atoms with Gasteiger partial charge < -0.3 is 4.74 Å². The van der Waals surface area contributed by atoms with Crippen molar-refractivity contribution >= 4 is 10.9 Å². The lowest BCUT2D eigenvalue weighted by Crippen LogP contribution is -2.28. The first-order chi connectivity index (χ1) is 8.31. The normalized spacial score (nSPS) is 14.6. The number of rotatable bonds is 1. The highest BCUT2D eigenvalue weighted by Gasteiger charge is 2.16. The van der Waals surface area contributed by atoms with Crippen LogP contribution in [-0.2, 0) is 13.0 Å². The van der Waals surface area contributed by atoms with Gasteiger partial charge in [0.25, 0.3) is 5.56 Å². The van der Waals surface area contributed by atoms with E-state index in [0.717, 1.165) is 31.6 Å². The van der Waals surface area contributed by atoms with Gasteiger partial charge in [0, 0.05) is 13.0 Å². The Kier molecular flexibility index (Phi) is 2.35. The maximum atomic E-state index is 12.3. The molecule has 0 saturated heterocycles. The van der Waals surface area contributed by atoms with E-state index in [0.29, 0.717) is 16.7 Å². The quantitative estimate of drug-likeness (QED) is 0.749. The predicted octanol–water partition coefficient (Wildman–Crippen LogP) is 1.74. The van der Waals surface area contributed by atoms with Crippen LogP contribution in [-0.4, -0.2) is 16.7 Å². The lowest BCUT2D eigenvalue weighted by atomic mass is 10.1. The number of hydrogen-bond donors (Lipinski definition) is 0. The zero-order valence-electron chi connectivity index (χ0n) is 9.77. The summed E-state index contributed by atoms with van der Waals surface area (Å²) in [6.45, 7) is 0.786. The Morgan fingerprint density at radius 2 is 2.24 bits per heavy atom. The standard InChI is InChI=1S/C13H14N2O2/c1-17-10-6-4-5-9-12(10)14-11-7-2-3-8-15(11)13(9)16/h4-6H,2-3,7-8H2,1H3. The van der Waals surface area contributed by atoms with E-state index in [9.17, 15) is 4.79 Å². The molecule has 0 N–H and O–H groups in total. The second-order valence-corrected chi connectivity index (χ2v) is 4.30. The van der Waals surface area contributed by atoms with Crippen LogP contribution in [0, 0.1) is 0 Å². The minimum absolute atomic E-state index is 0.0589. The number of methoxy groups -OCH3 is 1. The van der Waals surface area contributed by atoms with Crippen molar-refractivity contribution in [2.75, 3.05) is 7.11 Å². The number of benzene rings is 1. The molecule has 1 aliphatic heterocycles. The number of para-hydroxylation sites is 1. The fourth-order valence-electron chi connectivity index (χ4n) is 2.40. The maximum absolute atomic E-state index is 12.3. The Bertz CT molecular complexity index is 631. The van der Waals surface area contributed by atoms with Crippen molar-refractivity contribution in [3.05, 3.63) is 34.4 Å². The summed E-state index contributed by atoms with van der Waals surface area (Å²) >= 11 is 0. The van der Waals surface area contributed by atoms with Crippen LogP contribution in [0.3, 0.4) is 0 Å². The molecule has 0 atom stereocenters. The molecule has 0 radical (unpaired) electrons. The lowest BCUT2D eigenvalue weighted by Gasteiger charge is -2.18. The van der Waals surface area contributed by atoms with Crippen LogP contribution in [0.4, 0.5) is 0 Å². The molecule has 0 fully saturated rings. The first-order valence-corrected chi connectivity index (χ1v) is 5.87. The summed E-state index contributed by atoms with van der Waals surface area (Å²) in [5.41, 5.74) is 0.747. The van der Waals surface area contributed by atoms with Crippen molar-refractivity contribution in [1.29, 1.82) is 0 Å². The van der Waals surface area contributed by atoms with Crippen LogP contribution >= 0.6 is 0 Å². The summed E-state index contributed by atoms with van der Waals surface area (Å²) in [7, 11) is 1.60. The Morgan fingerprint density at radius 3 is 3.06 bits per heavy atom. The molecule has 88 valence electrons. The van der Waals surface area contributed by atoms with Gasteiger partial charge in [-0.3, -0.25) is 9.36 Å². The van der Waals surface area contributed by atoms with Gasteiger partial charge in [-0.05, 0) is 25.0 Å². The van der Waals surface area contributed by atoms with E-state index >= 15 is 0 Å². The Morgan fingerprint density at radius 1 is 1.35 bits per heavy atom. The molecule has 1 aromatic carbocycles. The smallest absolute Gasteiger partial charge is 0.261 e. The molecule has 0 bridgehead atoms. The van der Waals surface area contributed by atoms with E-state index < -0.39 is 0 Å². The van der Waals surface area contributed by atoms with Gasteiger partial charge in [0.1, 0.15) is 17.1 Å². The molecule has 0 spiro atoms. The molecule has 3 rings (SSSR count). The number of nitrogens with zero attached hydrogens (tertiary/aromatic N) is 2. The molecular formula is C13H14N2O2. The zero-order chi connectivity index (χ0) is 11.8. The molecule has 4 heteroatoms. The molecule has 4 nitrogen and oxygen atoms in total. The lowest BCUT2D eigenvalue weighted by molar-refractivity contribution is 0.417. The number of ether oxygens (including phenoxy) is 1. The molecule has 1 aliphatic rings. The van der Waals surface area contributed by atoms with Crippen molar-refractivity contribution in [2.24, 2.45) is 0 Å². The topological polar surface area (TPSA) is 44.1 Å². The molecule has 0 unspecified atom stereocenters. The van der Waals surface area contributed by atoms with Gasteiger partial charge >= 0.3 is 0 Å². The highest BCUT2D eigenvalue weighted by Crippen LogP contribution is 2.22.